The minimum Gasteiger partial charge on any atom is -0.379 e. The summed E-state index contributed by atoms with van der Waals surface area (Å²) in [6.07, 6.45) is 2.13. The molecular formula is C8H16ClNOS. The third-order valence-electron chi connectivity index (χ3n) is 1.92. The molecule has 0 saturated carbocycles. The molecule has 0 radical (unpaired) electrons. The summed E-state index contributed by atoms with van der Waals surface area (Å²) in [5.41, 5.74) is 0. The SMILES string of the molecule is CSCCN1CCOCC(Cl)C1. The van der Waals surface area contributed by atoms with E-state index in [9.17, 15) is 0 Å². The molecule has 0 amide bonds. The van der Waals surface area contributed by atoms with Crippen LogP contribution in [0.2, 0.25) is 0 Å². The molecule has 1 unspecified atom stereocenters. The van der Waals surface area contributed by atoms with Crippen molar-refractivity contribution in [3.8, 4) is 0 Å². The van der Waals surface area contributed by atoms with Crippen LogP contribution in [0.4, 0.5) is 0 Å². The van der Waals surface area contributed by atoms with E-state index in [0.29, 0.717) is 6.61 Å². The Morgan fingerprint density at radius 1 is 1.67 bits per heavy atom. The van der Waals surface area contributed by atoms with Crippen LogP contribution in [0.25, 0.3) is 0 Å². The van der Waals surface area contributed by atoms with Crippen LogP contribution >= 0.6 is 23.4 Å². The van der Waals surface area contributed by atoms with Crippen molar-refractivity contribution in [3.05, 3.63) is 0 Å². The van der Waals surface area contributed by atoms with Gasteiger partial charge in [0.15, 0.2) is 0 Å². The molecule has 0 spiro atoms. The van der Waals surface area contributed by atoms with Crippen LogP contribution < -0.4 is 0 Å². The summed E-state index contributed by atoms with van der Waals surface area (Å²) >= 11 is 7.90. The molecule has 0 aromatic rings. The van der Waals surface area contributed by atoms with Crippen LogP contribution in [0.5, 0.6) is 0 Å². The van der Waals surface area contributed by atoms with Gasteiger partial charge in [-0.05, 0) is 6.26 Å². The lowest BCUT2D eigenvalue weighted by Crippen LogP contribution is -2.32. The highest BCUT2D eigenvalue weighted by Gasteiger charge is 2.15. The van der Waals surface area contributed by atoms with Gasteiger partial charge in [0, 0.05) is 25.4 Å². The van der Waals surface area contributed by atoms with Gasteiger partial charge in [0.05, 0.1) is 18.6 Å². The van der Waals surface area contributed by atoms with Gasteiger partial charge in [-0.3, -0.25) is 4.90 Å². The van der Waals surface area contributed by atoms with Crippen molar-refractivity contribution in [3.63, 3.8) is 0 Å². The minimum atomic E-state index is 0.175. The molecule has 1 aliphatic rings. The maximum Gasteiger partial charge on any atom is 0.0696 e. The minimum absolute atomic E-state index is 0.175. The van der Waals surface area contributed by atoms with E-state index in [2.05, 4.69) is 11.2 Å². The van der Waals surface area contributed by atoms with Crippen LogP contribution in [0.3, 0.4) is 0 Å². The Morgan fingerprint density at radius 2 is 2.50 bits per heavy atom. The second-order valence-corrected chi connectivity index (χ2v) is 4.57. The average molecular weight is 210 g/mol. The highest BCUT2D eigenvalue weighted by Crippen LogP contribution is 2.06. The van der Waals surface area contributed by atoms with Crippen LogP contribution in [0, 0.1) is 0 Å². The number of halogens is 1. The number of ether oxygens (including phenoxy) is 1. The smallest absolute Gasteiger partial charge is 0.0696 e. The van der Waals surface area contributed by atoms with Gasteiger partial charge in [0.25, 0.3) is 0 Å². The summed E-state index contributed by atoms with van der Waals surface area (Å²) in [5.74, 6) is 1.18. The van der Waals surface area contributed by atoms with Gasteiger partial charge in [-0.25, -0.2) is 0 Å². The highest BCUT2D eigenvalue weighted by atomic mass is 35.5. The second kappa shape index (κ2) is 6.08. The van der Waals surface area contributed by atoms with Gasteiger partial charge in [-0.1, -0.05) is 0 Å². The molecule has 1 fully saturated rings. The van der Waals surface area contributed by atoms with E-state index < -0.39 is 0 Å². The van der Waals surface area contributed by atoms with Crippen LogP contribution in [-0.4, -0.2) is 55.1 Å². The molecule has 0 bridgehead atoms. The van der Waals surface area contributed by atoms with E-state index >= 15 is 0 Å². The Labute approximate surface area is 83.6 Å². The lowest BCUT2D eigenvalue weighted by molar-refractivity contribution is 0.143. The molecule has 1 rings (SSSR count). The first kappa shape index (κ1) is 10.6. The first-order valence-corrected chi connectivity index (χ1v) is 6.09. The summed E-state index contributed by atoms with van der Waals surface area (Å²) in [6.45, 7) is 4.68. The zero-order chi connectivity index (χ0) is 8.81. The first-order chi connectivity index (χ1) is 5.83. The van der Waals surface area contributed by atoms with Gasteiger partial charge >= 0.3 is 0 Å². The van der Waals surface area contributed by atoms with Crippen LogP contribution in [-0.2, 0) is 4.74 Å². The lowest BCUT2D eigenvalue weighted by Gasteiger charge is -2.19. The summed E-state index contributed by atoms with van der Waals surface area (Å²) in [6, 6.07) is 0. The summed E-state index contributed by atoms with van der Waals surface area (Å²) in [4.78, 5) is 2.38. The van der Waals surface area contributed by atoms with Crippen molar-refractivity contribution in [1.82, 2.24) is 4.90 Å². The number of thioether (sulfide) groups is 1. The number of hydrogen-bond donors (Lipinski definition) is 0. The van der Waals surface area contributed by atoms with E-state index in [-0.39, 0.29) is 5.38 Å². The summed E-state index contributed by atoms with van der Waals surface area (Å²) in [7, 11) is 0. The second-order valence-electron chi connectivity index (χ2n) is 2.97. The molecule has 1 saturated heterocycles. The third kappa shape index (κ3) is 3.99. The van der Waals surface area contributed by atoms with Crippen molar-refractivity contribution in [1.29, 1.82) is 0 Å². The van der Waals surface area contributed by atoms with Crippen molar-refractivity contribution in [2.24, 2.45) is 0 Å². The molecule has 4 heteroatoms. The van der Waals surface area contributed by atoms with Crippen LogP contribution in [0.15, 0.2) is 0 Å². The summed E-state index contributed by atoms with van der Waals surface area (Å²) < 4.78 is 5.34. The third-order valence-corrected chi connectivity index (χ3v) is 2.77. The van der Waals surface area contributed by atoms with E-state index in [0.717, 1.165) is 26.2 Å². The van der Waals surface area contributed by atoms with Gasteiger partial charge in [0.2, 0.25) is 0 Å². The molecule has 2 nitrogen and oxygen atoms in total. The molecule has 12 heavy (non-hydrogen) atoms. The van der Waals surface area contributed by atoms with Crippen molar-refractivity contribution in [2.75, 3.05) is 44.9 Å². The molecule has 72 valence electrons. The lowest BCUT2D eigenvalue weighted by atomic mass is 10.4. The molecule has 1 heterocycles. The van der Waals surface area contributed by atoms with E-state index in [1.165, 1.54) is 5.75 Å². The maximum absolute atomic E-state index is 6.02. The van der Waals surface area contributed by atoms with Gasteiger partial charge in [-0.15, -0.1) is 11.6 Å². The standard InChI is InChI=1S/C8H16ClNOS/c1-12-5-3-10-2-4-11-7-8(9)6-10/h8H,2-7H2,1H3. The Bertz CT molecular complexity index is 126. The number of alkyl halides is 1. The largest absolute Gasteiger partial charge is 0.379 e. The fourth-order valence-electron chi connectivity index (χ4n) is 1.25. The molecule has 1 atom stereocenters. The zero-order valence-corrected chi connectivity index (χ0v) is 9.03. The highest BCUT2D eigenvalue weighted by molar-refractivity contribution is 7.98. The van der Waals surface area contributed by atoms with E-state index in [4.69, 9.17) is 16.3 Å². The number of rotatable bonds is 3. The maximum atomic E-state index is 6.02. The fraction of sp³-hybridized carbons (Fsp3) is 1.00. The fourth-order valence-corrected chi connectivity index (χ4v) is 1.98. The Kier molecular flexibility index (Phi) is 5.39. The Hall–Kier alpha value is 0.560. The summed E-state index contributed by atoms with van der Waals surface area (Å²) in [5, 5.41) is 0.175. The predicted molar refractivity (Wildman–Crippen MR) is 55.3 cm³/mol. The number of hydrogen-bond acceptors (Lipinski definition) is 3. The molecular weight excluding hydrogens is 194 g/mol. The molecule has 0 N–H and O–H groups in total. The van der Waals surface area contributed by atoms with Gasteiger partial charge in [-0.2, -0.15) is 11.8 Å². The average Bonchev–Trinajstić information content (AvgIpc) is 2.26. The molecule has 1 aliphatic heterocycles. The van der Waals surface area contributed by atoms with E-state index in [1.54, 1.807) is 0 Å². The van der Waals surface area contributed by atoms with Gasteiger partial charge < -0.3 is 4.74 Å². The number of nitrogens with zero attached hydrogens (tertiary/aromatic N) is 1. The molecule has 0 aliphatic carbocycles. The van der Waals surface area contributed by atoms with E-state index in [1.807, 2.05) is 11.8 Å². The van der Waals surface area contributed by atoms with Gasteiger partial charge in [0.1, 0.15) is 0 Å². The normalized spacial score (nSPS) is 27.0. The van der Waals surface area contributed by atoms with Crippen LogP contribution in [0.1, 0.15) is 0 Å². The zero-order valence-electron chi connectivity index (χ0n) is 7.46. The Balaban J connectivity index is 2.21. The quantitative estimate of drug-likeness (QED) is 0.651. The Morgan fingerprint density at radius 3 is 3.25 bits per heavy atom. The molecule has 0 aromatic carbocycles. The molecule has 0 aromatic heterocycles. The topological polar surface area (TPSA) is 12.5 Å². The van der Waals surface area contributed by atoms with Crippen molar-refractivity contribution < 1.29 is 4.74 Å². The van der Waals surface area contributed by atoms with Crippen molar-refractivity contribution in [2.45, 2.75) is 5.38 Å². The monoisotopic (exact) mass is 209 g/mol. The van der Waals surface area contributed by atoms with Crippen molar-refractivity contribution >= 4 is 23.4 Å². The first-order valence-electron chi connectivity index (χ1n) is 4.26. The predicted octanol–water partition coefficient (Wildman–Crippen LogP) is 1.29.